The standard InChI is InChI=1S/C20H19F2NO4/c1-13(24)23-11-3-4-14-7-9-15(10-8-14)18(25)12-27-20(26)19-16(21)5-2-6-17(19)22/h2,5-10H,3-4,11-12H2,1H3,(H,23,24). The lowest BCUT2D eigenvalue weighted by atomic mass is 10.1. The van der Waals surface area contributed by atoms with Crippen LogP contribution < -0.4 is 5.32 Å². The van der Waals surface area contributed by atoms with Crippen LogP contribution in [0.25, 0.3) is 0 Å². The number of hydrogen-bond acceptors (Lipinski definition) is 4. The lowest BCUT2D eigenvalue weighted by molar-refractivity contribution is -0.118. The first kappa shape index (κ1) is 20.2. The molecule has 0 heterocycles. The molecule has 0 atom stereocenters. The Morgan fingerprint density at radius 2 is 1.63 bits per heavy atom. The van der Waals surface area contributed by atoms with Crippen molar-refractivity contribution in [2.75, 3.05) is 13.2 Å². The average molecular weight is 375 g/mol. The molecule has 0 fully saturated rings. The molecule has 7 heteroatoms. The van der Waals surface area contributed by atoms with Gasteiger partial charge >= 0.3 is 5.97 Å². The van der Waals surface area contributed by atoms with Crippen LogP contribution in [0.1, 0.15) is 39.6 Å². The van der Waals surface area contributed by atoms with E-state index in [1.807, 2.05) is 0 Å². The van der Waals surface area contributed by atoms with E-state index in [-0.39, 0.29) is 5.91 Å². The number of nitrogens with one attached hydrogen (secondary N) is 1. The number of aryl methyl sites for hydroxylation is 1. The molecule has 0 aliphatic rings. The predicted octanol–water partition coefficient (Wildman–Crippen LogP) is 3.07. The van der Waals surface area contributed by atoms with E-state index in [9.17, 15) is 23.2 Å². The fourth-order valence-electron chi connectivity index (χ4n) is 2.39. The minimum absolute atomic E-state index is 0.0826. The van der Waals surface area contributed by atoms with E-state index in [1.165, 1.54) is 6.92 Å². The van der Waals surface area contributed by atoms with Gasteiger partial charge in [-0.05, 0) is 30.5 Å². The molecule has 0 radical (unpaired) electrons. The number of Topliss-reactive ketones (excluding diaryl/α,β-unsaturated/α-hetero) is 1. The maximum absolute atomic E-state index is 13.5. The maximum Gasteiger partial charge on any atom is 0.344 e. The van der Waals surface area contributed by atoms with Crippen LogP contribution in [-0.4, -0.2) is 30.8 Å². The summed E-state index contributed by atoms with van der Waals surface area (Å²) in [7, 11) is 0. The van der Waals surface area contributed by atoms with Gasteiger partial charge in [0.1, 0.15) is 17.2 Å². The SMILES string of the molecule is CC(=O)NCCCc1ccc(C(=O)COC(=O)c2c(F)cccc2F)cc1. The van der Waals surface area contributed by atoms with Crippen molar-refractivity contribution in [3.8, 4) is 0 Å². The summed E-state index contributed by atoms with van der Waals surface area (Å²) in [6, 6.07) is 9.71. The van der Waals surface area contributed by atoms with Crippen LogP contribution in [0, 0.1) is 11.6 Å². The summed E-state index contributed by atoms with van der Waals surface area (Å²) in [5.41, 5.74) is 0.490. The number of benzene rings is 2. The summed E-state index contributed by atoms with van der Waals surface area (Å²) >= 11 is 0. The number of ketones is 1. The zero-order valence-electron chi connectivity index (χ0n) is 14.8. The Labute approximate surface area is 155 Å². The zero-order valence-corrected chi connectivity index (χ0v) is 14.8. The van der Waals surface area contributed by atoms with Crippen LogP contribution in [0.3, 0.4) is 0 Å². The topological polar surface area (TPSA) is 72.5 Å². The molecule has 2 aromatic rings. The summed E-state index contributed by atoms with van der Waals surface area (Å²) in [5, 5.41) is 2.70. The molecule has 0 aromatic heterocycles. The Morgan fingerprint density at radius 1 is 1.00 bits per heavy atom. The first-order valence-electron chi connectivity index (χ1n) is 8.36. The molecule has 142 valence electrons. The number of hydrogen-bond donors (Lipinski definition) is 1. The highest BCUT2D eigenvalue weighted by Crippen LogP contribution is 2.14. The molecule has 0 saturated heterocycles. The second kappa shape index (κ2) is 9.56. The van der Waals surface area contributed by atoms with Gasteiger partial charge in [-0.15, -0.1) is 0 Å². The van der Waals surface area contributed by atoms with E-state index in [1.54, 1.807) is 24.3 Å². The molecule has 0 aliphatic heterocycles. The number of amides is 1. The lowest BCUT2D eigenvalue weighted by Crippen LogP contribution is -2.21. The van der Waals surface area contributed by atoms with Crippen LogP contribution in [0.5, 0.6) is 0 Å². The minimum atomic E-state index is -1.23. The minimum Gasteiger partial charge on any atom is -0.454 e. The quantitative estimate of drug-likeness (QED) is 0.437. The number of carbonyl (C=O) groups is 3. The molecule has 5 nitrogen and oxygen atoms in total. The highest BCUT2D eigenvalue weighted by atomic mass is 19.1. The molecule has 1 amide bonds. The van der Waals surface area contributed by atoms with Gasteiger partial charge in [-0.25, -0.2) is 13.6 Å². The number of esters is 1. The van der Waals surface area contributed by atoms with Crippen LogP contribution in [0.15, 0.2) is 42.5 Å². The molecule has 0 saturated carbocycles. The predicted molar refractivity (Wildman–Crippen MR) is 94.4 cm³/mol. The van der Waals surface area contributed by atoms with Crippen LogP contribution in [0.4, 0.5) is 8.78 Å². The van der Waals surface area contributed by atoms with Gasteiger partial charge in [0.15, 0.2) is 12.4 Å². The third kappa shape index (κ3) is 5.99. The van der Waals surface area contributed by atoms with E-state index < -0.39 is 35.6 Å². The molecule has 0 spiro atoms. The van der Waals surface area contributed by atoms with Gasteiger partial charge in [0, 0.05) is 19.0 Å². The summed E-state index contributed by atoms with van der Waals surface area (Å²) < 4.78 is 31.8. The van der Waals surface area contributed by atoms with E-state index >= 15 is 0 Å². The highest BCUT2D eigenvalue weighted by molar-refractivity contribution is 5.99. The fraction of sp³-hybridized carbons (Fsp3) is 0.250. The number of halogens is 2. The second-order valence-corrected chi connectivity index (χ2v) is 5.88. The van der Waals surface area contributed by atoms with Crippen LogP contribution in [-0.2, 0) is 16.0 Å². The summed E-state index contributed by atoms with van der Waals surface area (Å²) in [5.74, 6) is -3.88. The van der Waals surface area contributed by atoms with Crippen molar-refractivity contribution in [2.45, 2.75) is 19.8 Å². The van der Waals surface area contributed by atoms with E-state index in [0.717, 1.165) is 36.6 Å². The lowest BCUT2D eigenvalue weighted by Gasteiger charge is -2.07. The summed E-state index contributed by atoms with van der Waals surface area (Å²) in [6.07, 6.45) is 1.50. The van der Waals surface area contributed by atoms with Crippen molar-refractivity contribution < 1.29 is 27.9 Å². The first-order chi connectivity index (χ1) is 12.9. The van der Waals surface area contributed by atoms with Crippen molar-refractivity contribution in [1.29, 1.82) is 0 Å². The molecule has 27 heavy (non-hydrogen) atoms. The monoisotopic (exact) mass is 375 g/mol. The molecule has 1 N–H and O–H groups in total. The number of rotatable bonds is 8. The first-order valence-corrected chi connectivity index (χ1v) is 8.36. The molecular formula is C20H19F2NO4. The van der Waals surface area contributed by atoms with Gasteiger partial charge in [-0.1, -0.05) is 30.3 Å². The van der Waals surface area contributed by atoms with Crippen LogP contribution >= 0.6 is 0 Å². The van der Waals surface area contributed by atoms with Crippen molar-refractivity contribution in [2.24, 2.45) is 0 Å². The average Bonchev–Trinajstić information content (AvgIpc) is 2.63. The summed E-state index contributed by atoms with van der Waals surface area (Å²) in [6.45, 7) is 1.40. The Balaban J connectivity index is 1.87. The third-order valence-corrected chi connectivity index (χ3v) is 3.79. The van der Waals surface area contributed by atoms with E-state index in [2.05, 4.69) is 5.32 Å². The molecule has 0 unspecified atom stereocenters. The van der Waals surface area contributed by atoms with Gasteiger partial charge in [-0.2, -0.15) is 0 Å². The van der Waals surface area contributed by atoms with Crippen molar-refractivity contribution >= 4 is 17.7 Å². The number of carbonyl (C=O) groups excluding carboxylic acids is 3. The Hall–Kier alpha value is -3.09. The van der Waals surface area contributed by atoms with Gasteiger partial charge in [0.2, 0.25) is 5.91 Å². The zero-order chi connectivity index (χ0) is 19.8. The normalized spacial score (nSPS) is 10.3. The largest absolute Gasteiger partial charge is 0.454 e. The molecule has 0 bridgehead atoms. The van der Waals surface area contributed by atoms with Gasteiger partial charge in [0.05, 0.1) is 0 Å². The van der Waals surface area contributed by atoms with Crippen molar-refractivity contribution in [3.63, 3.8) is 0 Å². The van der Waals surface area contributed by atoms with Gasteiger partial charge in [0.25, 0.3) is 0 Å². The number of ether oxygens (including phenoxy) is 1. The Kier molecular flexibility index (Phi) is 7.16. The Morgan fingerprint density at radius 3 is 2.22 bits per heavy atom. The molecule has 2 rings (SSSR count). The van der Waals surface area contributed by atoms with E-state index in [4.69, 9.17) is 4.74 Å². The van der Waals surface area contributed by atoms with E-state index in [0.29, 0.717) is 12.1 Å². The third-order valence-electron chi connectivity index (χ3n) is 3.79. The smallest absolute Gasteiger partial charge is 0.344 e. The molecule has 0 aliphatic carbocycles. The second-order valence-electron chi connectivity index (χ2n) is 5.88. The van der Waals surface area contributed by atoms with Gasteiger partial charge in [-0.3, -0.25) is 9.59 Å². The highest BCUT2D eigenvalue weighted by Gasteiger charge is 2.19. The summed E-state index contributed by atoms with van der Waals surface area (Å²) in [4.78, 5) is 34.7. The molecular weight excluding hydrogens is 356 g/mol. The maximum atomic E-state index is 13.5. The van der Waals surface area contributed by atoms with Crippen molar-refractivity contribution in [1.82, 2.24) is 5.32 Å². The molecule has 2 aromatic carbocycles. The van der Waals surface area contributed by atoms with Crippen molar-refractivity contribution in [3.05, 3.63) is 70.8 Å². The fourth-order valence-corrected chi connectivity index (χ4v) is 2.39. The van der Waals surface area contributed by atoms with Gasteiger partial charge < -0.3 is 10.1 Å². The van der Waals surface area contributed by atoms with Crippen LogP contribution in [0.2, 0.25) is 0 Å². The Bertz CT molecular complexity index is 814.